The quantitative estimate of drug-likeness (QED) is 0.893. The van der Waals surface area contributed by atoms with Crippen LogP contribution in [0.2, 0.25) is 5.02 Å². The lowest BCUT2D eigenvalue weighted by molar-refractivity contribution is 0.0932. The minimum atomic E-state index is -0.142. The van der Waals surface area contributed by atoms with Gasteiger partial charge in [-0.1, -0.05) is 30.5 Å². The normalized spacial score (nSPS) is 14.7. The molecule has 1 saturated carbocycles. The zero-order valence-corrected chi connectivity index (χ0v) is 13.7. The van der Waals surface area contributed by atoms with Crippen molar-refractivity contribution in [1.82, 2.24) is 15.3 Å². The Kier molecular flexibility index (Phi) is 4.76. The van der Waals surface area contributed by atoms with Crippen LogP contribution < -0.4 is 10.6 Å². The number of amides is 1. The molecule has 0 radical (unpaired) electrons. The molecule has 1 heterocycles. The van der Waals surface area contributed by atoms with Crippen molar-refractivity contribution in [2.75, 3.05) is 5.32 Å². The molecule has 0 bridgehead atoms. The zero-order valence-electron chi connectivity index (χ0n) is 13.0. The highest BCUT2D eigenvalue weighted by atomic mass is 35.5. The van der Waals surface area contributed by atoms with Crippen molar-refractivity contribution in [2.24, 2.45) is 0 Å². The van der Waals surface area contributed by atoms with Crippen LogP contribution in [0.1, 0.15) is 41.9 Å². The van der Waals surface area contributed by atoms with Crippen LogP contribution in [0.15, 0.2) is 30.3 Å². The summed E-state index contributed by atoms with van der Waals surface area (Å²) in [7, 11) is 0. The van der Waals surface area contributed by atoms with Gasteiger partial charge in [-0.25, -0.2) is 9.97 Å². The average molecular weight is 331 g/mol. The smallest absolute Gasteiger partial charge is 0.270 e. The second kappa shape index (κ2) is 6.96. The first-order chi connectivity index (χ1) is 11.1. The van der Waals surface area contributed by atoms with Gasteiger partial charge in [-0.2, -0.15) is 0 Å². The van der Waals surface area contributed by atoms with E-state index in [0.29, 0.717) is 16.7 Å². The molecule has 23 heavy (non-hydrogen) atoms. The molecular weight excluding hydrogens is 312 g/mol. The number of benzene rings is 1. The third-order valence-corrected chi connectivity index (χ3v) is 4.09. The van der Waals surface area contributed by atoms with E-state index >= 15 is 0 Å². The molecule has 1 aromatic heterocycles. The Labute approximate surface area is 140 Å². The van der Waals surface area contributed by atoms with Crippen molar-refractivity contribution in [1.29, 1.82) is 0 Å². The highest BCUT2D eigenvalue weighted by Gasteiger charge is 2.19. The van der Waals surface area contributed by atoms with Crippen molar-refractivity contribution in [3.05, 3.63) is 46.7 Å². The standard InChI is InChI=1S/C17H19ClN4O/c1-11-9-15(16(23)20-13-6-2-3-7-13)22-17(19-11)21-14-8-4-5-12(18)10-14/h4-5,8-10,13H,2-3,6-7H2,1H3,(H,20,23)(H,19,21,22). The van der Waals surface area contributed by atoms with E-state index in [-0.39, 0.29) is 11.9 Å². The van der Waals surface area contributed by atoms with Crippen molar-refractivity contribution in [3.63, 3.8) is 0 Å². The van der Waals surface area contributed by atoms with Gasteiger partial charge in [-0.15, -0.1) is 0 Å². The summed E-state index contributed by atoms with van der Waals surface area (Å²) in [5.74, 6) is 0.250. The highest BCUT2D eigenvalue weighted by molar-refractivity contribution is 6.30. The van der Waals surface area contributed by atoms with Crippen molar-refractivity contribution < 1.29 is 4.79 Å². The molecule has 6 heteroatoms. The summed E-state index contributed by atoms with van der Waals surface area (Å²) in [6.45, 7) is 1.84. The van der Waals surface area contributed by atoms with Gasteiger partial charge in [-0.05, 0) is 44.0 Å². The van der Waals surface area contributed by atoms with Crippen LogP contribution >= 0.6 is 11.6 Å². The van der Waals surface area contributed by atoms with Gasteiger partial charge >= 0.3 is 0 Å². The molecule has 0 spiro atoms. The number of aryl methyl sites for hydroxylation is 1. The fraction of sp³-hybridized carbons (Fsp3) is 0.353. The van der Waals surface area contributed by atoms with Crippen LogP contribution in [0, 0.1) is 6.92 Å². The first-order valence-electron chi connectivity index (χ1n) is 7.79. The number of rotatable bonds is 4. The molecule has 0 saturated heterocycles. The van der Waals surface area contributed by atoms with Crippen molar-refractivity contribution in [2.45, 2.75) is 38.6 Å². The topological polar surface area (TPSA) is 66.9 Å². The van der Waals surface area contributed by atoms with E-state index in [1.54, 1.807) is 18.2 Å². The summed E-state index contributed by atoms with van der Waals surface area (Å²) >= 11 is 5.97. The monoisotopic (exact) mass is 330 g/mol. The zero-order chi connectivity index (χ0) is 16.2. The first-order valence-corrected chi connectivity index (χ1v) is 8.17. The van der Waals surface area contributed by atoms with Crippen LogP contribution in [0.5, 0.6) is 0 Å². The van der Waals surface area contributed by atoms with Crippen molar-refractivity contribution >= 4 is 29.1 Å². The van der Waals surface area contributed by atoms with Gasteiger partial charge in [0.25, 0.3) is 5.91 Å². The van der Waals surface area contributed by atoms with Crippen LogP contribution in [0.3, 0.4) is 0 Å². The Morgan fingerprint density at radius 3 is 2.74 bits per heavy atom. The van der Waals surface area contributed by atoms with Crippen molar-refractivity contribution in [3.8, 4) is 0 Å². The maximum atomic E-state index is 12.4. The molecule has 2 N–H and O–H groups in total. The van der Waals surface area contributed by atoms with Gasteiger partial charge in [0.2, 0.25) is 5.95 Å². The molecule has 3 rings (SSSR count). The summed E-state index contributed by atoms with van der Waals surface area (Å²) in [5.41, 5.74) is 1.90. The Morgan fingerprint density at radius 2 is 2.00 bits per heavy atom. The average Bonchev–Trinajstić information content (AvgIpc) is 2.99. The van der Waals surface area contributed by atoms with E-state index in [1.807, 2.05) is 19.1 Å². The van der Waals surface area contributed by atoms with Crippen LogP contribution in [-0.4, -0.2) is 21.9 Å². The Bertz CT molecular complexity index is 713. The molecule has 1 aliphatic rings. The lowest BCUT2D eigenvalue weighted by Crippen LogP contribution is -2.33. The molecule has 1 amide bonds. The van der Waals surface area contributed by atoms with Gasteiger partial charge in [0.05, 0.1) is 0 Å². The fourth-order valence-corrected chi connectivity index (χ4v) is 2.96. The van der Waals surface area contributed by atoms with Gasteiger partial charge in [0.1, 0.15) is 5.69 Å². The predicted molar refractivity (Wildman–Crippen MR) is 91.2 cm³/mol. The van der Waals surface area contributed by atoms with Gasteiger partial charge in [0, 0.05) is 22.4 Å². The van der Waals surface area contributed by atoms with E-state index < -0.39 is 0 Å². The lowest BCUT2D eigenvalue weighted by Gasteiger charge is -2.12. The van der Waals surface area contributed by atoms with Crippen LogP contribution in [0.25, 0.3) is 0 Å². The molecule has 1 aliphatic carbocycles. The number of anilines is 2. The molecule has 0 unspecified atom stereocenters. The molecule has 120 valence electrons. The summed E-state index contributed by atoms with van der Waals surface area (Å²) in [6, 6.07) is 9.26. The van der Waals surface area contributed by atoms with E-state index in [0.717, 1.165) is 24.2 Å². The minimum Gasteiger partial charge on any atom is -0.348 e. The summed E-state index contributed by atoms with van der Waals surface area (Å²) in [4.78, 5) is 21.0. The van der Waals surface area contributed by atoms with Crippen LogP contribution in [-0.2, 0) is 0 Å². The number of carbonyl (C=O) groups excluding carboxylic acids is 1. The third-order valence-electron chi connectivity index (χ3n) is 3.86. The Hall–Kier alpha value is -2.14. The summed E-state index contributed by atoms with van der Waals surface area (Å²) in [6.07, 6.45) is 4.44. The second-order valence-electron chi connectivity index (χ2n) is 5.81. The van der Waals surface area contributed by atoms with E-state index in [9.17, 15) is 4.79 Å². The molecular formula is C17H19ClN4O. The largest absolute Gasteiger partial charge is 0.348 e. The lowest BCUT2D eigenvalue weighted by atomic mass is 10.2. The highest BCUT2D eigenvalue weighted by Crippen LogP contribution is 2.20. The number of aromatic nitrogens is 2. The molecule has 1 fully saturated rings. The maximum Gasteiger partial charge on any atom is 0.270 e. The Balaban J connectivity index is 1.76. The second-order valence-corrected chi connectivity index (χ2v) is 6.24. The minimum absolute atomic E-state index is 0.142. The number of carbonyl (C=O) groups is 1. The molecule has 1 aromatic carbocycles. The van der Waals surface area contributed by atoms with Crippen LogP contribution in [0.4, 0.5) is 11.6 Å². The molecule has 2 aromatic rings. The number of halogens is 1. The maximum absolute atomic E-state index is 12.4. The Morgan fingerprint density at radius 1 is 1.22 bits per heavy atom. The number of nitrogens with zero attached hydrogens (tertiary/aromatic N) is 2. The van der Waals surface area contributed by atoms with Gasteiger partial charge in [-0.3, -0.25) is 4.79 Å². The first kappa shape index (κ1) is 15.7. The molecule has 0 atom stereocenters. The molecule has 5 nitrogen and oxygen atoms in total. The van der Waals surface area contributed by atoms with Gasteiger partial charge in [0.15, 0.2) is 0 Å². The van der Waals surface area contributed by atoms with E-state index in [2.05, 4.69) is 20.6 Å². The number of nitrogens with one attached hydrogen (secondary N) is 2. The SMILES string of the molecule is Cc1cc(C(=O)NC2CCCC2)nc(Nc2cccc(Cl)c2)n1. The van der Waals surface area contributed by atoms with E-state index in [1.165, 1.54) is 12.8 Å². The molecule has 0 aliphatic heterocycles. The fourth-order valence-electron chi connectivity index (χ4n) is 2.77. The van der Waals surface area contributed by atoms with E-state index in [4.69, 9.17) is 11.6 Å². The van der Waals surface area contributed by atoms with Gasteiger partial charge < -0.3 is 10.6 Å². The summed E-state index contributed by atoms with van der Waals surface area (Å²) < 4.78 is 0. The number of hydrogen-bond donors (Lipinski definition) is 2. The third kappa shape index (κ3) is 4.20. The summed E-state index contributed by atoms with van der Waals surface area (Å²) in [5, 5.41) is 6.76. The number of hydrogen-bond acceptors (Lipinski definition) is 4. The predicted octanol–water partition coefficient (Wildman–Crippen LogP) is 3.85.